The second-order valence-corrected chi connectivity index (χ2v) is 4.46. The zero-order valence-corrected chi connectivity index (χ0v) is 10.7. The summed E-state index contributed by atoms with van der Waals surface area (Å²) in [5.41, 5.74) is 0.832. The van der Waals surface area contributed by atoms with Crippen LogP contribution in [0.3, 0.4) is 0 Å². The zero-order valence-electron chi connectivity index (χ0n) is 10.7. The van der Waals surface area contributed by atoms with Crippen LogP contribution in [0.15, 0.2) is 12.3 Å². The Morgan fingerprint density at radius 2 is 2.18 bits per heavy atom. The van der Waals surface area contributed by atoms with Gasteiger partial charge in [-0.3, -0.25) is 10.1 Å². The van der Waals surface area contributed by atoms with E-state index in [4.69, 9.17) is 0 Å². The molecule has 94 valence electrons. The van der Waals surface area contributed by atoms with Crippen molar-refractivity contribution in [2.75, 3.05) is 5.32 Å². The van der Waals surface area contributed by atoms with E-state index in [1.165, 1.54) is 0 Å². The lowest BCUT2D eigenvalue weighted by molar-refractivity contribution is -0.384. The van der Waals surface area contributed by atoms with E-state index in [-0.39, 0.29) is 11.7 Å². The van der Waals surface area contributed by atoms with E-state index in [2.05, 4.69) is 24.1 Å². The molecule has 1 heterocycles. The van der Waals surface area contributed by atoms with Gasteiger partial charge in [-0.1, -0.05) is 20.3 Å². The van der Waals surface area contributed by atoms with Crippen molar-refractivity contribution in [3.8, 4) is 0 Å². The SMILES string of the molecule is CCC(C)C(C)Nc1ncc(C)cc1[N+](=O)[O-]. The molecule has 0 spiro atoms. The Morgan fingerprint density at radius 3 is 2.71 bits per heavy atom. The van der Waals surface area contributed by atoms with E-state index in [1.807, 2.05) is 6.92 Å². The molecule has 0 aliphatic heterocycles. The number of nitro groups is 1. The van der Waals surface area contributed by atoms with Crippen LogP contribution in [0.25, 0.3) is 0 Å². The highest BCUT2D eigenvalue weighted by atomic mass is 16.6. The number of nitrogens with one attached hydrogen (secondary N) is 1. The summed E-state index contributed by atoms with van der Waals surface area (Å²) in [6.45, 7) is 8.01. The topological polar surface area (TPSA) is 68.1 Å². The molecule has 0 saturated carbocycles. The van der Waals surface area contributed by atoms with Crippen molar-refractivity contribution in [1.29, 1.82) is 0 Å². The second kappa shape index (κ2) is 5.61. The Morgan fingerprint density at radius 1 is 1.53 bits per heavy atom. The third-order valence-electron chi connectivity index (χ3n) is 3.06. The quantitative estimate of drug-likeness (QED) is 0.631. The minimum absolute atomic E-state index is 0.0418. The van der Waals surface area contributed by atoms with Gasteiger partial charge >= 0.3 is 5.69 Å². The molecule has 0 aliphatic carbocycles. The molecule has 2 unspecified atom stereocenters. The van der Waals surface area contributed by atoms with E-state index in [1.54, 1.807) is 19.2 Å². The Hall–Kier alpha value is -1.65. The first-order valence-corrected chi connectivity index (χ1v) is 5.83. The number of hydrogen-bond donors (Lipinski definition) is 1. The highest BCUT2D eigenvalue weighted by Gasteiger charge is 2.19. The fraction of sp³-hybridized carbons (Fsp3) is 0.583. The van der Waals surface area contributed by atoms with Crippen molar-refractivity contribution in [2.45, 2.75) is 40.2 Å². The lowest BCUT2D eigenvalue weighted by atomic mass is 10.0. The molecule has 1 aromatic heterocycles. The molecule has 0 radical (unpaired) electrons. The summed E-state index contributed by atoms with van der Waals surface area (Å²) in [5.74, 6) is 0.797. The maximum Gasteiger partial charge on any atom is 0.311 e. The van der Waals surface area contributed by atoms with E-state index in [0.29, 0.717) is 11.7 Å². The molecule has 0 aromatic carbocycles. The average molecular weight is 237 g/mol. The maximum absolute atomic E-state index is 10.9. The number of aryl methyl sites for hydroxylation is 1. The van der Waals surface area contributed by atoms with Crippen molar-refractivity contribution in [2.24, 2.45) is 5.92 Å². The molecule has 5 nitrogen and oxygen atoms in total. The number of pyridine rings is 1. The molecule has 0 fully saturated rings. The normalized spacial score (nSPS) is 14.1. The number of anilines is 1. The largest absolute Gasteiger partial charge is 0.362 e. The molecule has 2 atom stereocenters. The lowest BCUT2D eigenvalue weighted by Crippen LogP contribution is -2.24. The van der Waals surface area contributed by atoms with Crippen LogP contribution in [0.1, 0.15) is 32.8 Å². The van der Waals surface area contributed by atoms with Crippen LogP contribution in [-0.4, -0.2) is 15.9 Å². The standard InChI is InChI=1S/C12H19N3O2/c1-5-9(3)10(4)14-12-11(15(16)17)6-8(2)7-13-12/h6-7,9-10H,5H2,1-4H3,(H,13,14). The third kappa shape index (κ3) is 3.41. The van der Waals surface area contributed by atoms with Crippen LogP contribution >= 0.6 is 0 Å². The van der Waals surface area contributed by atoms with E-state index in [0.717, 1.165) is 12.0 Å². The summed E-state index contributed by atoms with van der Waals surface area (Å²) in [6.07, 6.45) is 2.66. The Bertz CT molecular complexity index is 407. The van der Waals surface area contributed by atoms with E-state index >= 15 is 0 Å². The van der Waals surface area contributed by atoms with Gasteiger partial charge < -0.3 is 5.32 Å². The number of rotatable bonds is 5. The van der Waals surface area contributed by atoms with E-state index < -0.39 is 4.92 Å². The van der Waals surface area contributed by atoms with E-state index in [9.17, 15) is 10.1 Å². The van der Waals surface area contributed by atoms with Gasteiger partial charge in [0.15, 0.2) is 0 Å². The maximum atomic E-state index is 10.9. The van der Waals surface area contributed by atoms with Crippen LogP contribution in [0.5, 0.6) is 0 Å². The molecular formula is C12H19N3O2. The summed E-state index contributed by atoms with van der Waals surface area (Å²) >= 11 is 0. The highest BCUT2D eigenvalue weighted by molar-refractivity contribution is 5.57. The predicted octanol–water partition coefficient (Wildman–Crippen LogP) is 3.14. The third-order valence-corrected chi connectivity index (χ3v) is 3.06. The average Bonchev–Trinajstić information content (AvgIpc) is 2.29. The van der Waals surface area contributed by atoms with Gasteiger partial charge in [-0.25, -0.2) is 4.98 Å². The van der Waals surface area contributed by atoms with Crippen molar-refractivity contribution in [3.63, 3.8) is 0 Å². The van der Waals surface area contributed by atoms with Crippen LogP contribution < -0.4 is 5.32 Å². The van der Waals surface area contributed by atoms with Gasteiger partial charge in [0.2, 0.25) is 5.82 Å². The summed E-state index contributed by atoms with van der Waals surface area (Å²) in [7, 11) is 0. The number of hydrogen-bond acceptors (Lipinski definition) is 4. The van der Waals surface area contributed by atoms with Gasteiger partial charge in [0, 0.05) is 18.3 Å². The minimum atomic E-state index is -0.397. The monoisotopic (exact) mass is 237 g/mol. The van der Waals surface area contributed by atoms with Gasteiger partial charge in [0.05, 0.1) is 4.92 Å². The van der Waals surface area contributed by atoms with Crippen molar-refractivity contribution in [3.05, 3.63) is 27.9 Å². The number of nitrogens with zero attached hydrogens (tertiary/aromatic N) is 2. The molecule has 0 bridgehead atoms. The fourth-order valence-corrected chi connectivity index (χ4v) is 1.52. The molecule has 0 saturated heterocycles. The van der Waals surface area contributed by atoms with Crippen molar-refractivity contribution >= 4 is 11.5 Å². The molecule has 17 heavy (non-hydrogen) atoms. The van der Waals surface area contributed by atoms with Crippen LogP contribution in [-0.2, 0) is 0 Å². The summed E-state index contributed by atoms with van der Waals surface area (Å²) in [5, 5.41) is 14.0. The first-order valence-electron chi connectivity index (χ1n) is 5.83. The van der Waals surface area contributed by atoms with Gasteiger partial charge in [-0.05, 0) is 25.3 Å². The fourth-order valence-electron chi connectivity index (χ4n) is 1.52. The molecule has 1 aromatic rings. The van der Waals surface area contributed by atoms with Crippen LogP contribution in [0.2, 0.25) is 0 Å². The molecule has 0 amide bonds. The van der Waals surface area contributed by atoms with Gasteiger partial charge in [-0.15, -0.1) is 0 Å². The smallest absolute Gasteiger partial charge is 0.311 e. The number of aromatic nitrogens is 1. The van der Waals surface area contributed by atoms with Gasteiger partial charge in [-0.2, -0.15) is 0 Å². The first kappa shape index (κ1) is 13.4. The molecular weight excluding hydrogens is 218 g/mol. The van der Waals surface area contributed by atoms with Crippen molar-refractivity contribution in [1.82, 2.24) is 4.98 Å². The summed E-state index contributed by atoms with van der Waals surface area (Å²) in [4.78, 5) is 14.6. The Balaban J connectivity index is 2.94. The van der Waals surface area contributed by atoms with Gasteiger partial charge in [0.1, 0.15) is 0 Å². The minimum Gasteiger partial charge on any atom is -0.362 e. The highest BCUT2D eigenvalue weighted by Crippen LogP contribution is 2.24. The first-order chi connectivity index (χ1) is 7.95. The van der Waals surface area contributed by atoms with Crippen LogP contribution in [0.4, 0.5) is 11.5 Å². The lowest BCUT2D eigenvalue weighted by Gasteiger charge is -2.20. The molecule has 1 rings (SSSR count). The Kier molecular flexibility index (Phi) is 4.43. The summed E-state index contributed by atoms with van der Waals surface area (Å²) in [6, 6.07) is 1.70. The molecule has 5 heteroatoms. The molecule has 0 aliphatic rings. The predicted molar refractivity (Wildman–Crippen MR) is 68.2 cm³/mol. The van der Waals surface area contributed by atoms with Gasteiger partial charge in [0.25, 0.3) is 0 Å². The Labute approximate surface area is 101 Å². The second-order valence-electron chi connectivity index (χ2n) is 4.46. The molecule has 1 N–H and O–H groups in total. The van der Waals surface area contributed by atoms with Crippen molar-refractivity contribution < 1.29 is 4.92 Å². The zero-order chi connectivity index (χ0) is 13.0. The van der Waals surface area contributed by atoms with Crippen LogP contribution in [0, 0.1) is 23.0 Å². The summed E-state index contributed by atoms with van der Waals surface area (Å²) < 4.78 is 0.